The molecule has 0 aliphatic carbocycles. The van der Waals surface area contributed by atoms with Crippen LogP contribution in [0.2, 0.25) is 0 Å². The number of aromatic nitrogens is 1. The molecule has 0 aliphatic heterocycles. The standard InChI is InChI=1S/C13H19NO2/c1-4-16-13(10(2)3)12(15)8-11-6-5-7-14-9-11/h5-7,9-10,13H,4,8H2,1-3H3. The van der Waals surface area contributed by atoms with E-state index in [4.69, 9.17) is 4.74 Å². The van der Waals surface area contributed by atoms with Gasteiger partial charge in [-0.25, -0.2) is 0 Å². The van der Waals surface area contributed by atoms with Gasteiger partial charge >= 0.3 is 0 Å². The number of pyridine rings is 1. The van der Waals surface area contributed by atoms with Crippen molar-refractivity contribution >= 4 is 5.78 Å². The molecule has 1 rings (SSSR count). The Bertz CT molecular complexity index is 322. The molecule has 1 heterocycles. The first-order chi connectivity index (χ1) is 7.65. The first-order valence-electron chi connectivity index (χ1n) is 5.68. The molecular weight excluding hydrogens is 202 g/mol. The lowest BCUT2D eigenvalue weighted by Gasteiger charge is -2.19. The molecule has 0 bridgehead atoms. The summed E-state index contributed by atoms with van der Waals surface area (Å²) in [4.78, 5) is 16.0. The van der Waals surface area contributed by atoms with Gasteiger partial charge in [-0.1, -0.05) is 19.9 Å². The van der Waals surface area contributed by atoms with E-state index in [9.17, 15) is 4.79 Å². The average Bonchev–Trinajstić information content (AvgIpc) is 2.26. The average molecular weight is 221 g/mol. The molecule has 0 fully saturated rings. The highest BCUT2D eigenvalue weighted by molar-refractivity contribution is 5.85. The van der Waals surface area contributed by atoms with Crippen molar-refractivity contribution in [3.8, 4) is 0 Å². The third-order valence-corrected chi connectivity index (χ3v) is 2.37. The molecule has 1 aromatic heterocycles. The van der Waals surface area contributed by atoms with Crippen LogP contribution in [0.3, 0.4) is 0 Å². The summed E-state index contributed by atoms with van der Waals surface area (Å²) >= 11 is 0. The fourth-order valence-corrected chi connectivity index (χ4v) is 1.64. The third-order valence-electron chi connectivity index (χ3n) is 2.37. The van der Waals surface area contributed by atoms with E-state index in [1.807, 2.05) is 32.9 Å². The van der Waals surface area contributed by atoms with Gasteiger partial charge in [0, 0.05) is 25.4 Å². The van der Waals surface area contributed by atoms with E-state index in [0.717, 1.165) is 5.56 Å². The van der Waals surface area contributed by atoms with Crippen LogP contribution >= 0.6 is 0 Å². The van der Waals surface area contributed by atoms with Crippen LogP contribution in [0, 0.1) is 5.92 Å². The molecule has 0 amide bonds. The van der Waals surface area contributed by atoms with Gasteiger partial charge in [0.15, 0.2) is 5.78 Å². The Morgan fingerprint density at radius 3 is 2.75 bits per heavy atom. The van der Waals surface area contributed by atoms with Crippen molar-refractivity contribution < 1.29 is 9.53 Å². The molecule has 0 N–H and O–H groups in total. The first-order valence-corrected chi connectivity index (χ1v) is 5.68. The van der Waals surface area contributed by atoms with Crippen molar-refractivity contribution in [3.63, 3.8) is 0 Å². The zero-order chi connectivity index (χ0) is 12.0. The molecule has 1 unspecified atom stereocenters. The van der Waals surface area contributed by atoms with Gasteiger partial charge in [0.25, 0.3) is 0 Å². The molecule has 3 heteroatoms. The topological polar surface area (TPSA) is 39.2 Å². The summed E-state index contributed by atoms with van der Waals surface area (Å²) in [5.41, 5.74) is 0.942. The van der Waals surface area contributed by atoms with Gasteiger partial charge in [0.1, 0.15) is 6.10 Å². The molecule has 0 saturated heterocycles. The van der Waals surface area contributed by atoms with Crippen molar-refractivity contribution in [2.45, 2.75) is 33.3 Å². The second-order valence-electron chi connectivity index (χ2n) is 4.12. The molecule has 0 aromatic carbocycles. The number of nitrogens with zero attached hydrogens (tertiary/aromatic N) is 1. The summed E-state index contributed by atoms with van der Waals surface area (Å²) in [6.07, 6.45) is 3.53. The first kappa shape index (κ1) is 12.8. The fraction of sp³-hybridized carbons (Fsp3) is 0.538. The maximum absolute atomic E-state index is 12.0. The normalized spacial score (nSPS) is 12.8. The van der Waals surface area contributed by atoms with Crippen LogP contribution in [0.4, 0.5) is 0 Å². The van der Waals surface area contributed by atoms with Crippen LogP contribution in [0.1, 0.15) is 26.3 Å². The molecule has 16 heavy (non-hydrogen) atoms. The Hall–Kier alpha value is -1.22. The predicted molar refractivity (Wildman–Crippen MR) is 63.2 cm³/mol. The molecule has 0 aliphatic rings. The van der Waals surface area contributed by atoms with E-state index in [1.165, 1.54) is 0 Å². The summed E-state index contributed by atoms with van der Waals surface area (Å²) in [5.74, 6) is 0.342. The van der Waals surface area contributed by atoms with Crippen molar-refractivity contribution in [2.24, 2.45) is 5.92 Å². The van der Waals surface area contributed by atoms with Crippen LogP contribution in [0.15, 0.2) is 24.5 Å². The molecule has 3 nitrogen and oxygen atoms in total. The van der Waals surface area contributed by atoms with Gasteiger partial charge in [0.2, 0.25) is 0 Å². The van der Waals surface area contributed by atoms with Crippen LogP contribution in [-0.4, -0.2) is 23.5 Å². The highest BCUT2D eigenvalue weighted by Gasteiger charge is 2.22. The summed E-state index contributed by atoms with van der Waals surface area (Å²) in [6.45, 7) is 6.48. The molecule has 1 aromatic rings. The molecule has 0 spiro atoms. The zero-order valence-corrected chi connectivity index (χ0v) is 10.1. The minimum absolute atomic E-state index is 0.129. The van der Waals surface area contributed by atoms with Gasteiger partial charge < -0.3 is 4.74 Å². The quantitative estimate of drug-likeness (QED) is 0.739. The highest BCUT2D eigenvalue weighted by atomic mass is 16.5. The van der Waals surface area contributed by atoms with Gasteiger partial charge in [-0.15, -0.1) is 0 Å². The largest absolute Gasteiger partial charge is 0.370 e. The Morgan fingerprint density at radius 2 is 2.25 bits per heavy atom. The van der Waals surface area contributed by atoms with Crippen LogP contribution in [0.5, 0.6) is 0 Å². The van der Waals surface area contributed by atoms with E-state index < -0.39 is 0 Å². The summed E-state index contributed by atoms with van der Waals surface area (Å²) < 4.78 is 5.47. The van der Waals surface area contributed by atoms with Crippen LogP contribution < -0.4 is 0 Å². The minimum Gasteiger partial charge on any atom is -0.370 e. The number of ketones is 1. The molecule has 1 atom stereocenters. The lowest BCUT2D eigenvalue weighted by Crippen LogP contribution is -2.31. The van der Waals surface area contributed by atoms with Crippen molar-refractivity contribution in [1.82, 2.24) is 4.98 Å². The Balaban J connectivity index is 2.62. The van der Waals surface area contributed by atoms with E-state index >= 15 is 0 Å². The smallest absolute Gasteiger partial charge is 0.166 e. The van der Waals surface area contributed by atoms with E-state index in [-0.39, 0.29) is 17.8 Å². The zero-order valence-electron chi connectivity index (χ0n) is 10.1. The number of carbonyl (C=O) groups excluding carboxylic acids is 1. The second-order valence-corrected chi connectivity index (χ2v) is 4.12. The molecular formula is C13H19NO2. The molecule has 88 valence electrons. The Labute approximate surface area is 96.8 Å². The van der Waals surface area contributed by atoms with Crippen molar-refractivity contribution in [2.75, 3.05) is 6.61 Å². The monoisotopic (exact) mass is 221 g/mol. The highest BCUT2D eigenvalue weighted by Crippen LogP contribution is 2.11. The number of Topliss-reactive ketones (excluding diaryl/α,β-unsaturated/α-hetero) is 1. The lowest BCUT2D eigenvalue weighted by atomic mass is 9.98. The maximum Gasteiger partial charge on any atom is 0.166 e. The van der Waals surface area contributed by atoms with Crippen LogP contribution in [0.25, 0.3) is 0 Å². The summed E-state index contributed by atoms with van der Waals surface area (Å²) in [7, 11) is 0. The number of carbonyl (C=O) groups is 1. The minimum atomic E-state index is -0.301. The van der Waals surface area contributed by atoms with Gasteiger partial charge in [-0.3, -0.25) is 9.78 Å². The Kier molecular flexibility index (Phi) is 5.12. The van der Waals surface area contributed by atoms with Crippen molar-refractivity contribution in [1.29, 1.82) is 0 Å². The SMILES string of the molecule is CCOC(C(=O)Cc1cccnc1)C(C)C. The van der Waals surface area contributed by atoms with Gasteiger partial charge in [-0.2, -0.15) is 0 Å². The van der Waals surface area contributed by atoms with Crippen LogP contribution in [-0.2, 0) is 16.0 Å². The molecule has 0 saturated carbocycles. The van der Waals surface area contributed by atoms with Gasteiger partial charge in [-0.05, 0) is 24.5 Å². The number of rotatable bonds is 6. The summed E-state index contributed by atoms with van der Waals surface area (Å²) in [5, 5.41) is 0. The number of ether oxygens (including phenoxy) is 1. The van der Waals surface area contributed by atoms with Crippen molar-refractivity contribution in [3.05, 3.63) is 30.1 Å². The van der Waals surface area contributed by atoms with E-state index in [0.29, 0.717) is 13.0 Å². The number of hydrogen-bond donors (Lipinski definition) is 0. The van der Waals surface area contributed by atoms with E-state index in [2.05, 4.69) is 4.98 Å². The third kappa shape index (κ3) is 3.74. The lowest BCUT2D eigenvalue weighted by molar-refractivity contribution is -0.132. The fourth-order valence-electron chi connectivity index (χ4n) is 1.64. The predicted octanol–water partition coefficient (Wildman–Crippen LogP) is 2.25. The Morgan fingerprint density at radius 1 is 1.50 bits per heavy atom. The second kappa shape index (κ2) is 6.38. The maximum atomic E-state index is 12.0. The van der Waals surface area contributed by atoms with E-state index in [1.54, 1.807) is 12.4 Å². The molecule has 0 radical (unpaired) electrons. The van der Waals surface area contributed by atoms with Gasteiger partial charge in [0.05, 0.1) is 0 Å². The summed E-state index contributed by atoms with van der Waals surface area (Å²) in [6, 6.07) is 3.75. The number of hydrogen-bond acceptors (Lipinski definition) is 3.